The molecule has 0 N–H and O–H groups in total. The summed E-state index contributed by atoms with van der Waals surface area (Å²) in [7, 11) is 1.73. The SMILES string of the molecule is COc1cccc([C@@H](C)CC2CCC(c3ccc(CC(C)=O)cc3)C2)c1. The molecule has 138 valence electrons. The van der Waals surface area contributed by atoms with Crippen LogP contribution in [-0.4, -0.2) is 12.9 Å². The molecule has 0 aliphatic heterocycles. The molecule has 3 atom stereocenters. The molecule has 2 aromatic carbocycles. The molecule has 26 heavy (non-hydrogen) atoms. The molecule has 0 aromatic heterocycles. The minimum Gasteiger partial charge on any atom is -0.497 e. The molecular weight excluding hydrogens is 320 g/mol. The summed E-state index contributed by atoms with van der Waals surface area (Å²) >= 11 is 0. The Morgan fingerprint density at radius 2 is 1.92 bits per heavy atom. The Morgan fingerprint density at radius 1 is 1.15 bits per heavy atom. The van der Waals surface area contributed by atoms with Gasteiger partial charge in [-0.3, -0.25) is 4.79 Å². The summed E-state index contributed by atoms with van der Waals surface area (Å²) in [5.41, 5.74) is 3.94. The molecule has 2 nitrogen and oxygen atoms in total. The minimum absolute atomic E-state index is 0.227. The number of ether oxygens (including phenoxy) is 1. The summed E-state index contributed by atoms with van der Waals surface area (Å²) in [4.78, 5) is 11.2. The van der Waals surface area contributed by atoms with E-state index in [9.17, 15) is 4.79 Å². The summed E-state index contributed by atoms with van der Waals surface area (Å²) in [6.45, 7) is 3.98. The third-order valence-electron chi connectivity index (χ3n) is 5.80. The van der Waals surface area contributed by atoms with Crippen LogP contribution in [0.3, 0.4) is 0 Å². The highest BCUT2D eigenvalue weighted by Crippen LogP contribution is 2.42. The second kappa shape index (κ2) is 8.53. The van der Waals surface area contributed by atoms with Gasteiger partial charge in [0.25, 0.3) is 0 Å². The standard InChI is InChI=1S/C24H30O2/c1-17(22-5-4-6-24(16-22)26-3)13-20-9-12-23(15-20)21-10-7-19(8-11-21)14-18(2)25/h4-8,10-11,16-17,20,23H,9,12-15H2,1-3H3/t17-,20?,23?/m0/s1. The summed E-state index contributed by atoms with van der Waals surface area (Å²) in [5.74, 6) is 3.20. The zero-order chi connectivity index (χ0) is 18.5. The van der Waals surface area contributed by atoms with Crippen molar-refractivity contribution in [2.24, 2.45) is 5.92 Å². The number of hydrogen-bond acceptors (Lipinski definition) is 2. The van der Waals surface area contributed by atoms with Crippen molar-refractivity contribution in [2.75, 3.05) is 7.11 Å². The van der Waals surface area contributed by atoms with Crippen molar-refractivity contribution in [1.29, 1.82) is 0 Å². The van der Waals surface area contributed by atoms with E-state index in [1.54, 1.807) is 14.0 Å². The lowest BCUT2D eigenvalue weighted by molar-refractivity contribution is -0.116. The number of rotatable bonds is 7. The van der Waals surface area contributed by atoms with Gasteiger partial charge in [0.05, 0.1) is 7.11 Å². The van der Waals surface area contributed by atoms with Crippen molar-refractivity contribution in [1.82, 2.24) is 0 Å². The predicted molar refractivity (Wildman–Crippen MR) is 107 cm³/mol. The largest absolute Gasteiger partial charge is 0.497 e. The van der Waals surface area contributed by atoms with Gasteiger partial charge in [0.2, 0.25) is 0 Å². The number of ketones is 1. The van der Waals surface area contributed by atoms with Crippen LogP contribution in [0.15, 0.2) is 48.5 Å². The number of methoxy groups -OCH3 is 1. The number of Topliss-reactive ketones (excluding diaryl/α,β-unsaturated/α-hetero) is 1. The average Bonchev–Trinajstić information content (AvgIpc) is 3.10. The van der Waals surface area contributed by atoms with Gasteiger partial charge in [-0.2, -0.15) is 0 Å². The van der Waals surface area contributed by atoms with Crippen molar-refractivity contribution in [3.05, 3.63) is 65.2 Å². The van der Waals surface area contributed by atoms with Crippen molar-refractivity contribution < 1.29 is 9.53 Å². The lowest BCUT2D eigenvalue weighted by Gasteiger charge is -2.18. The molecule has 1 fully saturated rings. The van der Waals surface area contributed by atoms with Gasteiger partial charge < -0.3 is 4.74 Å². The first-order valence-corrected chi connectivity index (χ1v) is 9.77. The van der Waals surface area contributed by atoms with Crippen LogP contribution in [-0.2, 0) is 11.2 Å². The topological polar surface area (TPSA) is 26.3 Å². The van der Waals surface area contributed by atoms with E-state index in [0.29, 0.717) is 18.3 Å². The first-order valence-electron chi connectivity index (χ1n) is 9.77. The monoisotopic (exact) mass is 350 g/mol. The lowest BCUT2D eigenvalue weighted by atomic mass is 9.88. The van der Waals surface area contributed by atoms with Crippen LogP contribution in [0.25, 0.3) is 0 Å². The van der Waals surface area contributed by atoms with E-state index in [-0.39, 0.29) is 5.78 Å². The molecule has 2 unspecified atom stereocenters. The first-order chi connectivity index (χ1) is 12.5. The molecule has 0 saturated heterocycles. The predicted octanol–water partition coefficient (Wildman–Crippen LogP) is 5.90. The Labute approximate surface area is 157 Å². The van der Waals surface area contributed by atoms with Crippen molar-refractivity contribution >= 4 is 5.78 Å². The zero-order valence-electron chi connectivity index (χ0n) is 16.2. The molecule has 3 rings (SSSR count). The zero-order valence-corrected chi connectivity index (χ0v) is 16.2. The third kappa shape index (κ3) is 4.75. The Balaban J connectivity index is 1.57. The molecule has 0 radical (unpaired) electrons. The average molecular weight is 351 g/mol. The summed E-state index contributed by atoms with van der Waals surface area (Å²) < 4.78 is 5.36. The van der Waals surface area contributed by atoms with Gasteiger partial charge in [0, 0.05) is 6.42 Å². The van der Waals surface area contributed by atoms with Gasteiger partial charge >= 0.3 is 0 Å². The Hall–Kier alpha value is -2.09. The van der Waals surface area contributed by atoms with Gasteiger partial charge in [-0.25, -0.2) is 0 Å². The van der Waals surface area contributed by atoms with Crippen LogP contribution >= 0.6 is 0 Å². The van der Waals surface area contributed by atoms with Crippen LogP contribution in [0.5, 0.6) is 5.75 Å². The summed E-state index contributed by atoms with van der Waals surface area (Å²) in [5, 5.41) is 0. The normalized spacial score (nSPS) is 20.7. The van der Waals surface area contributed by atoms with E-state index < -0.39 is 0 Å². The molecular formula is C24H30O2. The Kier molecular flexibility index (Phi) is 6.13. The van der Waals surface area contributed by atoms with Crippen molar-refractivity contribution in [3.63, 3.8) is 0 Å². The van der Waals surface area contributed by atoms with Crippen molar-refractivity contribution in [2.45, 2.75) is 57.8 Å². The highest BCUT2D eigenvalue weighted by molar-refractivity contribution is 5.78. The van der Waals surface area contributed by atoms with E-state index in [1.807, 2.05) is 6.07 Å². The fourth-order valence-electron chi connectivity index (χ4n) is 4.37. The summed E-state index contributed by atoms with van der Waals surface area (Å²) in [6, 6.07) is 17.2. The highest BCUT2D eigenvalue weighted by atomic mass is 16.5. The second-order valence-electron chi connectivity index (χ2n) is 7.91. The molecule has 0 heterocycles. The lowest BCUT2D eigenvalue weighted by Crippen LogP contribution is -2.03. The van der Waals surface area contributed by atoms with Gasteiger partial charge in [0.1, 0.15) is 11.5 Å². The van der Waals surface area contributed by atoms with Crippen LogP contribution in [0.2, 0.25) is 0 Å². The molecule has 0 amide bonds. The fourth-order valence-corrected chi connectivity index (χ4v) is 4.37. The maximum Gasteiger partial charge on any atom is 0.134 e. The van der Waals surface area contributed by atoms with Crippen LogP contribution in [0, 0.1) is 5.92 Å². The number of hydrogen-bond donors (Lipinski definition) is 0. The van der Waals surface area contributed by atoms with E-state index in [1.165, 1.54) is 36.8 Å². The first kappa shape index (κ1) is 18.7. The van der Waals surface area contributed by atoms with E-state index in [0.717, 1.165) is 17.2 Å². The van der Waals surface area contributed by atoms with E-state index in [2.05, 4.69) is 49.4 Å². The maximum absolute atomic E-state index is 11.2. The van der Waals surface area contributed by atoms with Gasteiger partial charge in [-0.1, -0.05) is 43.3 Å². The van der Waals surface area contributed by atoms with Gasteiger partial charge in [0.15, 0.2) is 0 Å². The molecule has 1 saturated carbocycles. The van der Waals surface area contributed by atoms with E-state index in [4.69, 9.17) is 4.74 Å². The number of carbonyl (C=O) groups is 1. The fraction of sp³-hybridized carbons (Fsp3) is 0.458. The Morgan fingerprint density at radius 3 is 2.62 bits per heavy atom. The summed E-state index contributed by atoms with van der Waals surface area (Å²) in [6.07, 6.45) is 5.66. The molecule has 0 bridgehead atoms. The molecule has 1 aliphatic carbocycles. The van der Waals surface area contributed by atoms with E-state index >= 15 is 0 Å². The van der Waals surface area contributed by atoms with Gasteiger partial charge in [-0.05, 0) is 79.2 Å². The smallest absolute Gasteiger partial charge is 0.134 e. The third-order valence-corrected chi connectivity index (χ3v) is 5.80. The number of carbonyl (C=O) groups excluding carboxylic acids is 1. The number of benzene rings is 2. The van der Waals surface area contributed by atoms with Crippen LogP contribution in [0.1, 0.15) is 68.1 Å². The Bertz CT molecular complexity index is 732. The van der Waals surface area contributed by atoms with Gasteiger partial charge in [-0.15, -0.1) is 0 Å². The second-order valence-corrected chi connectivity index (χ2v) is 7.91. The maximum atomic E-state index is 11.2. The van der Waals surface area contributed by atoms with Crippen LogP contribution in [0.4, 0.5) is 0 Å². The quantitative estimate of drug-likeness (QED) is 0.621. The van der Waals surface area contributed by atoms with Crippen molar-refractivity contribution in [3.8, 4) is 5.75 Å². The molecule has 2 heteroatoms. The van der Waals surface area contributed by atoms with Crippen LogP contribution < -0.4 is 4.74 Å². The highest BCUT2D eigenvalue weighted by Gasteiger charge is 2.27. The molecule has 0 spiro atoms. The molecule has 2 aromatic rings. The molecule has 1 aliphatic rings. The minimum atomic E-state index is 0.227.